The Morgan fingerprint density at radius 3 is 2.16 bits per heavy atom. The van der Waals surface area contributed by atoms with E-state index in [1.165, 1.54) is 66.3 Å². The quantitative estimate of drug-likeness (QED) is 0.202. The Balaban J connectivity index is 1.40. The molecule has 0 saturated heterocycles. The van der Waals surface area contributed by atoms with Gasteiger partial charge in [-0.2, -0.15) is 0 Å². The molecule has 10 rings (SSSR count). The fourth-order valence-electron chi connectivity index (χ4n) is 7.62. The summed E-state index contributed by atoms with van der Waals surface area (Å²) >= 11 is 0. The van der Waals surface area contributed by atoms with E-state index in [0.717, 1.165) is 17.2 Å². The molecule has 4 heteroatoms. The van der Waals surface area contributed by atoms with E-state index in [0.29, 0.717) is 0 Å². The Morgan fingerprint density at radius 1 is 0.568 bits per heavy atom. The summed E-state index contributed by atoms with van der Waals surface area (Å²) in [6.45, 7) is 0.0683. The van der Waals surface area contributed by atoms with Crippen LogP contribution >= 0.6 is 0 Å². The highest BCUT2D eigenvalue weighted by atomic mass is 16.5. The van der Waals surface area contributed by atoms with Crippen molar-refractivity contribution in [1.82, 2.24) is 9.13 Å². The normalized spacial score (nSPS) is 12.7. The number of ether oxygens (including phenoxy) is 1. The fourth-order valence-corrected chi connectivity index (χ4v) is 7.62. The topological polar surface area (TPSA) is 19.1 Å². The van der Waals surface area contributed by atoms with Crippen LogP contribution in [0.25, 0.3) is 55.6 Å². The van der Waals surface area contributed by atoms with Crippen molar-refractivity contribution in [3.05, 3.63) is 152 Å². The summed E-state index contributed by atoms with van der Waals surface area (Å²) in [5, 5.41) is 2.48. The van der Waals surface area contributed by atoms with Crippen LogP contribution in [0.5, 0.6) is 11.5 Å². The maximum absolute atomic E-state index is 6.80. The zero-order valence-electron chi connectivity index (χ0n) is 23.8. The molecule has 0 amide bonds. The molecule has 0 saturated carbocycles. The molecule has 2 aromatic heterocycles. The van der Waals surface area contributed by atoms with Gasteiger partial charge in [0, 0.05) is 34.4 Å². The van der Waals surface area contributed by atoms with Crippen LogP contribution in [0.4, 0.5) is 0 Å². The van der Waals surface area contributed by atoms with Crippen molar-refractivity contribution in [2.75, 3.05) is 0 Å². The third kappa shape index (κ3) is 3.17. The van der Waals surface area contributed by atoms with E-state index >= 15 is 0 Å². The van der Waals surface area contributed by atoms with Crippen LogP contribution in [0.2, 0.25) is 0 Å². The van der Waals surface area contributed by atoms with E-state index in [-0.39, 0.29) is 6.71 Å². The predicted octanol–water partition coefficient (Wildman–Crippen LogP) is 7.84. The van der Waals surface area contributed by atoms with Crippen LogP contribution in [-0.4, -0.2) is 15.8 Å². The zero-order valence-corrected chi connectivity index (χ0v) is 23.8. The first-order valence-corrected chi connectivity index (χ1v) is 15.1. The van der Waals surface area contributed by atoms with Crippen LogP contribution < -0.4 is 21.1 Å². The lowest BCUT2D eigenvalue weighted by Crippen LogP contribution is -2.58. The Morgan fingerprint density at radius 2 is 1.30 bits per heavy atom. The average molecular weight is 560 g/mol. The van der Waals surface area contributed by atoms with Crippen LogP contribution in [0.3, 0.4) is 0 Å². The first kappa shape index (κ1) is 23.8. The Kier molecular flexibility index (Phi) is 4.80. The first-order chi connectivity index (χ1) is 21.8. The van der Waals surface area contributed by atoms with Gasteiger partial charge in [-0.3, -0.25) is 0 Å². The minimum Gasteiger partial charge on any atom is -0.458 e. The number of para-hydroxylation sites is 3. The lowest BCUT2D eigenvalue weighted by Gasteiger charge is -2.34. The number of hydrogen-bond acceptors (Lipinski definition) is 1. The molecule has 0 radical (unpaired) electrons. The summed E-state index contributed by atoms with van der Waals surface area (Å²) in [7, 11) is 0. The second kappa shape index (κ2) is 8.89. The molecule has 3 nitrogen and oxygen atoms in total. The number of nitrogens with zero attached hydrogens (tertiary/aromatic N) is 2. The van der Waals surface area contributed by atoms with Gasteiger partial charge >= 0.3 is 0 Å². The molecule has 4 heterocycles. The largest absolute Gasteiger partial charge is 0.458 e. The Bertz CT molecular complexity index is 2420. The summed E-state index contributed by atoms with van der Waals surface area (Å²) in [4.78, 5) is 0. The average Bonchev–Trinajstić information content (AvgIpc) is 3.68. The lowest BCUT2D eigenvalue weighted by molar-refractivity contribution is 0.487. The van der Waals surface area contributed by atoms with E-state index in [9.17, 15) is 0 Å². The van der Waals surface area contributed by atoms with Gasteiger partial charge in [0.1, 0.15) is 11.5 Å². The molecule has 44 heavy (non-hydrogen) atoms. The summed E-state index contributed by atoms with van der Waals surface area (Å²) in [5.74, 6) is 1.84. The van der Waals surface area contributed by atoms with Crippen molar-refractivity contribution in [3.63, 3.8) is 0 Å². The smallest absolute Gasteiger partial charge is 0.256 e. The molecule has 0 spiro atoms. The molecular formula is C40H25BN2O. The SMILES string of the molecule is c1ccc(-c2c(-c3ccccc3)n3c4c(cccc24)B2c4ccccc4Oc4cc(-n5ccc6ccccc65)cc-3c42)cc1. The third-order valence-electron chi connectivity index (χ3n) is 9.40. The highest BCUT2D eigenvalue weighted by molar-refractivity contribution is 6.99. The molecule has 6 aromatic carbocycles. The Labute approximate surface area is 255 Å². The Hall–Kier alpha value is -5.74. The minimum absolute atomic E-state index is 0.0683. The van der Waals surface area contributed by atoms with Gasteiger partial charge in [-0.05, 0) is 57.2 Å². The van der Waals surface area contributed by atoms with Crippen LogP contribution in [0.15, 0.2) is 152 Å². The van der Waals surface area contributed by atoms with Crippen LogP contribution in [0, 0.1) is 0 Å². The number of benzene rings is 6. The van der Waals surface area contributed by atoms with Gasteiger partial charge in [-0.1, -0.05) is 115 Å². The van der Waals surface area contributed by atoms with Crippen molar-refractivity contribution < 1.29 is 4.74 Å². The second-order valence-electron chi connectivity index (χ2n) is 11.7. The molecule has 2 aliphatic rings. The second-order valence-corrected chi connectivity index (χ2v) is 11.7. The molecule has 0 fully saturated rings. The highest BCUT2D eigenvalue weighted by Gasteiger charge is 2.41. The summed E-state index contributed by atoms with van der Waals surface area (Å²) in [5.41, 5.74) is 13.3. The highest BCUT2D eigenvalue weighted by Crippen LogP contribution is 2.45. The molecule has 0 N–H and O–H groups in total. The van der Waals surface area contributed by atoms with Gasteiger partial charge in [0.15, 0.2) is 0 Å². The van der Waals surface area contributed by atoms with E-state index in [4.69, 9.17) is 4.74 Å². The third-order valence-corrected chi connectivity index (χ3v) is 9.40. The number of fused-ring (bicyclic) bond motifs is 5. The molecule has 0 aliphatic carbocycles. The number of aromatic nitrogens is 2. The minimum atomic E-state index is 0.0683. The van der Waals surface area contributed by atoms with Gasteiger partial charge in [0.25, 0.3) is 6.71 Å². The van der Waals surface area contributed by atoms with Crippen LogP contribution in [-0.2, 0) is 0 Å². The van der Waals surface area contributed by atoms with Crippen molar-refractivity contribution in [3.8, 4) is 45.3 Å². The summed E-state index contributed by atoms with van der Waals surface area (Å²) in [6.07, 6.45) is 2.17. The van der Waals surface area contributed by atoms with Crippen molar-refractivity contribution in [2.45, 2.75) is 0 Å². The fraction of sp³-hybridized carbons (Fsp3) is 0. The van der Waals surface area contributed by atoms with E-state index in [2.05, 4.69) is 161 Å². The van der Waals surface area contributed by atoms with Crippen LogP contribution in [0.1, 0.15) is 0 Å². The van der Waals surface area contributed by atoms with E-state index < -0.39 is 0 Å². The van der Waals surface area contributed by atoms with Gasteiger partial charge < -0.3 is 13.9 Å². The molecule has 0 bridgehead atoms. The number of rotatable bonds is 3. The van der Waals surface area contributed by atoms with Gasteiger partial charge in [0.05, 0.1) is 16.9 Å². The summed E-state index contributed by atoms with van der Waals surface area (Å²) in [6, 6.07) is 52.4. The van der Waals surface area contributed by atoms with Crippen molar-refractivity contribution in [1.29, 1.82) is 0 Å². The maximum atomic E-state index is 6.80. The monoisotopic (exact) mass is 560 g/mol. The molecule has 204 valence electrons. The molecule has 8 aromatic rings. The van der Waals surface area contributed by atoms with E-state index in [1.807, 2.05) is 0 Å². The van der Waals surface area contributed by atoms with Gasteiger partial charge in [-0.15, -0.1) is 0 Å². The predicted molar refractivity (Wildman–Crippen MR) is 182 cm³/mol. The molecule has 0 unspecified atom stereocenters. The lowest BCUT2D eigenvalue weighted by atomic mass is 9.34. The summed E-state index contributed by atoms with van der Waals surface area (Å²) < 4.78 is 11.6. The number of hydrogen-bond donors (Lipinski definition) is 0. The standard InChI is InChI=1S/C40H25BN2O/c1-3-13-27(14-4-1)37-30-17-11-19-32-40(30)43(39(37)28-15-5-2-6-16-28)34-24-29(42-23-22-26-12-7-9-20-33(26)42)25-36-38(34)41(32)31-18-8-10-21-35(31)44-36/h1-25H. The van der Waals surface area contributed by atoms with Gasteiger partial charge in [0.2, 0.25) is 0 Å². The molecular weight excluding hydrogens is 535 g/mol. The van der Waals surface area contributed by atoms with Crippen molar-refractivity contribution in [2.24, 2.45) is 0 Å². The van der Waals surface area contributed by atoms with Gasteiger partial charge in [-0.25, -0.2) is 0 Å². The van der Waals surface area contributed by atoms with E-state index in [1.54, 1.807) is 0 Å². The van der Waals surface area contributed by atoms with Crippen molar-refractivity contribution >= 4 is 44.9 Å². The maximum Gasteiger partial charge on any atom is 0.256 e. The zero-order chi connectivity index (χ0) is 28.8. The molecule has 2 aliphatic heterocycles. The first-order valence-electron chi connectivity index (χ1n) is 15.1. The molecule has 0 atom stereocenters.